The zero-order chi connectivity index (χ0) is 24.1. The van der Waals surface area contributed by atoms with Crippen LogP contribution in [0.5, 0.6) is 5.75 Å². The van der Waals surface area contributed by atoms with Crippen molar-refractivity contribution in [2.45, 2.75) is 12.5 Å². The van der Waals surface area contributed by atoms with Gasteiger partial charge in [0, 0.05) is 23.0 Å². The number of carbonyl (C=O) groups is 4. The first-order chi connectivity index (χ1) is 16.4. The first kappa shape index (κ1) is 22.9. The van der Waals surface area contributed by atoms with Crippen LogP contribution >= 0.6 is 11.6 Å². The Balaban J connectivity index is 1.59. The molecule has 0 saturated carbocycles. The zero-order valence-electron chi connectivity index (χ0n) is 17.8. The predicted octanol–water partition coefficient (Wildman–Crippen LogP) is 2.62. The number of halogens is 1. The summed E-state index contributed by atoms with van der Waals surface area (Å²) in [7, 11) is 0. The van der Waals surface area contributed by atoms with E-state index in [-0.39, 0.29) is 17.7 Å². The summed E-state index contributed by atoms with van der Waals surface area (Å²) >= 11 is 6.01. The molecule has 1 fully saturated rings. The largest absolute Gasteiger partial charge is 0.484 e. The number of imide groups is 1. The molecule has 4 rings (SSSR count). The summed E-state index contributed by atoms with van der Waals surface area (Å²) < 4.78 is 5.51. The van der Waals surface area contributed by atoms with E-state index in [1.54, 1.807) is 48.5 Å². The predicted molar refractivity (Wildman–Crippen MR) is 123 cm³/mol. The van der Waals surface area contributed by atoms with Gasteiger partial charge in [0.15, 0.2) is 6.61 Å². The second-order valence-electron chi connectivity index (χ2n) is 7.31. The van der Waals surface area contributed by atoms with Crippen molar-refractivity contribution in [1.82, 2.24) is 15.4 Å². The van der Waals surface area contributed by atoms with Crippen molar-refractivity contribution in [3.63, 3.8) is 0 Å². The van der Waals surface area contributed by atoms with Crippen LogP contribution in [0.4, 0.5) is 5.69 Å². The highest BCUT2D eigenvalue weighted by atomic mass is 35.5. The van der Waals surface area contributed by atoms with Crippen molar-refractivity contribution in [3.8, 4) is 5.75 Å². The Bertz CT molecular complexity index is 1220. The minimum Gasteiger partial charge on any atom is -0.484 e. The number of hydrogen-bond donors (Lipinski definition) is 1. The summed E-state index contributed by atoms with van der Waals surface area (Å²) in [5.74, 6) is -2.11. The number of hydrogen-bond acceptors (Lipinski definition) is 6. The fourth-order valence-electron chi connectivity index (χ4n) is 3.43. The number of amides is 4. The molecule has 0 radical (unpaired) electrons. The van der Waals surface area contributed by atoms with Gasteiger partial charge in [-0.05, 0) is 42.5 Å². The summed E-state index contributed by atoms with van der Waals surface area (Å²) in [4.78, 5) is 56.6. The Morgan fingerprint density at radius 2 is 1.79 bits per heavy atom. The lowest BCUT2D eigenvalue weighted by atomic mass is 10.2. The van der Waals surface area contributed by atoms with Crippen LogP contribution in [0.3, 0.4) is 0 Å². The molecule has 1 aliphatic rings. The van der Waals surface area contributed by atoms with Gasteiger partial charge in [0.1, 0.15) is 11.8 Å². The number of anilines is 1. The van der Waals surface area contributed by atoms with E-state index in [0.717, 1.165) is 9.91 Å². The maximum atomic E-state index is 13.2. The number of rotatable bonds is 6. The number of nitrogens with zero attached hydrogens (tertiary/aromatic N) is 3. The van der Waals surface area contributed by atoms with Crippen molar-refractivity contribution in [1.29, 1.82) is 0 Å². The average molecular weight is 479 g/mol. The van der Waals surface area contributed by atoms with E-state index in [9.17, 15) is 19.2 Å². The summed E-state index contributed by atoms with van der Waals surface area (Å²) in [6, 6.07) is 16.5. The molecular weight excluding hydrogens is 460 g/mol. The molecule has 0 aliphatic carbocycles. The minimum absolute atomic E-state index is 0.222. The number of benzene rings is 2. The van der Waals surface area contributed by atoms with Gasteiger partial charge < -0.3 is 4.74 Å². The number of ether oxygens (including phenoxy) is 1. The Hall–Kier alpha value is -4.24. The highest BCUT2D eigenvalue weighted by Crippen LogP contribution is 2.27. The molecule has 172 valence electrons. The summed E-state index contributed by atoms with van der Waals surface area (Å²) in [6.07, 6.45) is 2.52. The number of para-hydroxylation sites is 1. The van der Waals surface area contributed by atoms with E-state index in [4.69, 9.17) is 16.3 Å². The van der Waals surface area contributed by atoms with Crippen LogP contribution in [0.1, 0.15) is 16.8 Å². The van der Waals surface area contributed by atoms with Crippen LogP contribution in [0, 0.1) is 0 Å². The van der Waals surface area contributed by atoms with Gasteiger partial charge in [-0.1, -0.05) is 35.9 Å². The lowest BCUT2D eigenvalue weighted by Crippen LogP contribution is -2.56. The molecule has 4 amide bonds. The summed E-state index contributed by atoms with van der Waals surface area (Å²) in [5, 5.41) is 1.20. The van der Waals surface area contributed by atoms with Crippen molar-refractivity contribution < 1.29 is 23.9 Å². The molecule has 2 heterocycles. The van der Waals surface area contributed by atoms with Crippen molar-refractivity contribution in [3.05, 3.63) is 89.7 Å². The highest BCUT2D eigenvalue weighted by Gasteiger charge is 2.45. The monoisotopic (exact) mass is 478 g/mol. The fourth-order valence-corrected chi connectivity index (χ4v) is 3.61. The molecule has 1 saturated heterocycles. The molecule has 34 heavy (non-hydrogen) atoms. The SMILES string of the molecule is O=C(NN(C(=O)COc1ccccc1)C1CC(=O)N(c2cccc(Cl)c2)C1=O)c1ccncc1. The topological polar surface area (TPSA) is 109 Å². The maximum Gasteiger partial charge on any atom is 0.279 e. The molecule has 1 aromatic heterocycles. The Labute approximate surface area is 199 Å². The molecule has 10 heteroatoms. The minimum atomic E-state index is -1.26. The standard InChI is InChI=1S/C24H19ClN4O5/c25-17-5-4-6-18(13-17)28-21(30)14-20(24(28)33)29(27-23(32)16-9-11-26-12-10-16)22(31)15-34-19-7-2-1-3-8-19/h1-13,20H,14-15H2,(H,27,32). The van der Waals surface area contributed by atoms with Gasteiger partial charge in [0.05, 0.1) is 12.1 Å². The van der Waals surface area contributed by atoms with Crippen molar-refractivity contribution in [2.75, 3.05) is 11.5 Å². The second-order valence-corrected chi connectivity index (χ2v) is 7.75. The fraction of sp³-hybridized carbons (Fsp3) is 0.125. The second kappa shape index (κ2) is 10.1. The van der Waals surface area contributed by atoms with Gasteiger partial charge in [0.2, 0.25) is 5.91 Å². The Morgan fingerprint density at radius 1 is 1.06 bits per heavy atom. The summed E-state index contributed by atoms with van der Waals surface area (Å²) in [5.41, 5.74) is 2.96. The third-order valence-corrected chi connectivity index (χ3v) is 5.27. The van der Waals surface area contributed by atoms with Crippen molar-refractivity contribution in [2.24, 2.45) is 0 Å². The van der Waals surface area contributed by atoms with E-state index < -0.39 is 36.3 Å². The molecule has 1 atom stereocenters. The quantitative estimate of drug-likeness (QED) is 0.431. The molecule has 1 N–H and O–H groups in total. The smallest absolute Gasteiger partial charge is 0.279 e. The van der Waals surface area contributed by atoms with Crippen LogP contribution in [0.25, 0.3) is 0 Å². The van der Waals surface area contributed by atoms with Gasteiger partial charge in [-0.2, -0.15) is 0 Å². The number of aromatic nitrogens is 1. The zero-order valence-corrected chi connectivity index (χ0v) is 18.5. The van der Waals surface area contributed by atoms with Gasteiger partial charge >= 0.3 is 0 Å². The normalized spacial score (nSPS) is 15.2. The van der Waals surface area contributed by atoms with Gasteiger partial charge in [-0.3, -0.25) is 29.6 Å². The van der Waals surface area contributed by atoms with E-state index in [2.05, 4.69) is 10.4 Å². The third-order valence-electron chi connectivity index (χ3n) is 5.04. The molecule has 2 aromatic carbocycles. The van der Waals surface area contributed by atoms with Crippen LogP contribution < -0.4 is 15.1 Å². The van der Waals surface area contributed by atoms with E-state index in [1.165, 1.54) is 30.6 Å². The number of pyridine rings is 1. The van der Waals surface area contributed by atoms with Gasteiger partial charge in [-0.25, -0.2) is 9.91 Å². The Morgan fingerprint density at radius 3 is 2.50 bits per heavy atom. The summed E-state index contributed by atoms with van der Waals surface area (Å²) in [6.45, 7) is -0.463. The lowest BCUT2D eigenvalue weighted by molar-refractivity contribution is -0.142. The van der Waals surface area contributed by atoms with E-state index in [1.807, 2.05) is 0 Å². The molecule has 0 bridgehead atoms. The maximum absolute atomic E-state index is 13.2. The van der Waals surface area contributed by atoms with Crippen LogP contribution in [0.2, 0.25) is 5.02 Å². The number of hydrazine groups is 1. The van der Waals surface area contributed by atoms with Gasteiger partial charge in [0.25, 0.3) is 17.7 Å². The highest BCUT2D eigenvalue weighted by molar-refractivity contribution is 6.31. The van der Waals surface area contributed by atoms with Crippen LogP contribution in [0.15, 0.2) is 79.1 Å². The van der Waals surface area contributed by atoms with E-state index >= 15 is 0 Å². The molecule has 0 spiro atoms. The molecule has 1 unspecified atom stereocenters. The van der Waals surface area contributed by atoms with Crippen LogP contribution in [-0.4, -0.2) is 46.3 Å². The van der Waals surface area contributed by atoms with Crippen LogP contribution in [-0.2, 0) is 14.4 Å². The molecule has 3 aromatic rings. The number of carbonyl (C=O) groups excluding carboxylic acids is 4. The van der Waals surface area contributed by atoms with E-state index in [0.29, 0.717) is 10.8 Å². The van der Waals surface area contributed by atoms with Crippen molar-refractivity contribution >= 4 is 40.9 Å². The van der Waals surface area contributed by atoms with Gasteiger partial charge in [-0.15, -0.1) is 0 Å². The average Bonchev–Trinajstić information content (AvgIpc) is 3.15. The molecule has 9 nitrogen and oxygen atoms in total. The first-order valence-electron chi connectivity index (χ1n) is 10.3. The lowest BCUT2D eigenvalue weighted by Gasteiger charge is -2.28. The molecular formula is C24H19ClN4O5. The first-order valence-corrected chi connectivity index (χ1v) is 10.6. The molecule has 1 aliphatic heterocycles. The number of nitrogens with one attached hydrogen (secondary N) is 1. The third kappa shape index (κ3) is 5.05. The Kier molecular flexibility index (Phi) is 6.84.